The molecule has 3 N–H and O–H groups in total. The summed E-state index contributed by atoms with van der Waals surface area (Å²) in [4.78, 5) is 26.1. The van der Waals surface area contributed by atoms with Gasteiger partial charge in [0.15, 0.2) is 0 Å². The number of nitrogens with one attached hydrogen (secondary N) is 3. The maximum Gasteiger partial charge on any atom is 0.419 e. The van der Waals surface area contributed by atoms with Gasteiger partial charge in [0.05, 0.1) is 16.8 Å². The molecule has 35 heavy (non-hydrogen) atoms. The van der Waals surface area contributed by atoms with Gasteiger partial charge in [-0.25, -0.2) is 9.36 Å². The van der Waals surface area contributed by atoms with Crippen molar-refractivity contribution in [2.45, 2.75) is 58.3 Å². The molecule has 0 bridgehead atoms. The molecule has 0 radical (unpaired) electrons. The number of amides is 1. The number of fused-ring (bicyclic) bond motifs is 2. The van der Waals surface area contributed by atoms with E-state index in [0.717, 1.165) is 54.5 Å². The lowest BCUT2D eigenvalue weighted by atomic mass is 10.00. The average Bonchev–Trinajstić information content (AvgIpc) is 3.39. The topological polar surface area (TPSA) is 84.4 Å². The van der Waals surface area contributed by atoms with E-state index in [1.165, 1.54) is 0 Å². The number of carbonyl (C=O) groups is 2. The Morgan fingerprint density at radius 2 is 1.94 bits per heavy atom. The van der Waals surface area contributed by atoms with Crippen LogP contribution in [-0.2, 0) is 17.8 Å². The summed E-state index contributed by atoms with van der Waals surface area (Å²) >= 11 is 6.38. The first-order valence-corrected chi connectivity index (χ1v) is 12.5. The second-order valence-electron chi connectivity index (χ2n) is 10.3. The number of halogens is 1. The van der Waals surface area contributed by atoms with E-state index in [-0.39, 0.29) is 5.91 Å². The third-order valence-electron chi connectivity index (χ3n) is 6.56. The van der Waals surface area contributed by atoms with Crippen LogP contribution in [0, 0.1) is 0 Å². The lowest BCUT2D eigenvalue weighted by Crippen LogP contribution is -2.39. The maximum atomic E-state index is 13.4. The van der Waals surface area contributed by atoms with E-state index < -0.39 is 11.7 Å². The zero-order chi connectivity index (χ0) is 24.7. The van der Waals surface area contributed by atoms with Crippen LogP contribution in [-0.4, -0.2) is 41.3 Å². The van der Waals surface area contributed by atoms with Crippen LogP contribution in [0.4, 0.5) is 4.79 Å². The quantitative estimate of drug-likeness (QED) is 0.484. The minimum atomic E-state index is -0.664. The highest BCUT2D eigenvalue weighted by atomic mass is 35.5. The highest BCUT2D eigenvalue weighted by molar-refractivity contribution is 6.32. The van der Waals surface area contributed by atoms with Gasteiger partial charge in [-0.15, -0.1) is 0 Å². The molecule has 8 heteroatoms. The molecule has 3 aromatic rings. The van der Waals surface area contributed by atoms with Crippen molar-refractivity contribution in [1.29, 1.82) is 0 Å². The Morgan fingerprint density at radius 1 is 1.17 bits per heavy atom. The van der Waals surface area contributed by atoms with Gasteiger partial charge in [-0.05, 0) is 76.5 Å². The molecule has 5 rings (SSSR count). The summed E-state index contributed by atoms with van der Waals surface area (Å²) < 4.78 is 7.33. The Kier molecular flexibility index (Phi) is 6.34. The van der Waals surface area contributed by atoms with Crippen molar-refractivity contribution in [2.75, 3.05) is 13.1 Å². The molecule has 0 saturated carbocycles. The van der Waals surface area contributed by atoms with Gasteiger partial charge in [0.1, 0.15) is 5.60 Å². The van der Waals surface area contributed by atoms with Crippen molar-refractivity contribution in [1.82, 2.24) is 20.5 Å². The molecule has 1 amide bonds. The summed E-state index contributed by atoms with van der Waals surface area (Å²) in [6.07, 6.45) is 1.75. The summed E-state index contributed by atoms with van der Waals surface area (Å²) in [6, 6.07) is 12.1. The van der Waals surface area contributed by atoms with E-state index in [1.54, 1.807) is 16.7 Å². The van der Waals surface area contributed by atoms with E-state index in [1.807, 2.05) is 39.0 Å². The number of hydrogen-bond donors (Lipinski definition) is 3. The summed E-state index contributed by atoms with van der Waals surface area (Å²) in [5.41, 5.74) is 3.76. The molecule has 1 aromatic heterocycles. The van der Waals surface area contributed by atoms with Gasteiger partial charge in [-0.3, -0.25) is 4.79 Å². The number of ether oxygens (including phenoxy) is 1. The Labute approximate surface area is 210 Å². The fourth-order valence-corrected chi connectivity index (χ4v) is 5.11. The standard InChI is InChI=1S/C27H31ClN4O3/c1-27(2,3)35-26(34)32-22-7-4-16(14-30-18-8-10-29-11-9-18)12-17(22)13-23(32)19-5-6-21(28)20-15-31-25(33)24(19)20/h4-7,12-13,18,29-30H,8-11,14-15H2,1-3H3,(H,31,33). The summed E-state index contributed by atoms with van der Waals surface area (Å²) in [6.45, 7) is 8.73. The van der Waals surface area contributed by atoms with Crippen LogP contribution in [0.1, 0.15) is 55.1 Å². The minimum absolute atomic E-state index is 0.189. The van der Waals surface area contributed by atoms with Crippen LogP contribution in [0.5, 0.6) is 0 Å². The molecule has 1 fully saturated rings. The first-order chi connectivity index (χ1) is 16.7. The van der Waals surface area contributed by atoms with Crippen LogP contribution in [0.2, 0.25) is 5.02 Å². The van der Waals surface area contributed by atoms with E-state index >= 15 is 0 Å². The molecule has 3 heterocycles. The van der Waals surface area contributed by atoms with Gasteiger partial charge in [-0.1, -0.05) is 23.7 Å². The van der Waals surface area contributed by atoms with E-state index in [0.29, 0.717) is 34.4 Å². The van der Waals surface area contributed by atoms with Crippen LogP contribution < -0.4 is 16.0 Å². The third-order valence-corrected chi connectivity index (χ3v) is 6.91. The van der Waals surface area contributed by atoms with Gasteiger partial charge in [0.2, 0.25) is 0 Å². The molecule has 184 valence electrons. The van der Waals surface area contributed by atoms with Crippen molar-refractivity contribution < 1.29 is 14.3 Å². The lowest BCUT2D eigenvalue weighted by Gasteiger charge is -2.23. The molecule has 2 aliphatic rings. The molecule has 7 nitrogen and oxygen atoms in total. The van der Waals surface area contributed by atoms with Gasteiger partial charge in [0.25, 0.3) is 5.91 Å². The number of aromatic nitrogens is 1. The molecular weight excluding hydrogens is 464 g/mol. The number of nitrogens with zero attached hydrogens (tertiary/aromatic N) is 1. The third kappa shape index (κ3) is 4.81. The molecule has 2 aliphatic heterocycles. The number of carbonyl (C=O) groups excluding carboxylic acids is 2. The summed E-state index contributed by atoms with van der Waals surface area (Å²) in [7, 11) is 0. The molecule has 0 unspecified atom stereocenters. The first kappa shape index (κ1) is 23.9. The molecule has 2 aromatic carbocycles. The van der Waals surface area contributed by atoms with E-state index in [2.05, 4.69) is 22.0 Å². The van der Waals surface area contributed by atoms with Crippen molar-refractivity contribution in [3.05, 3.63) is 58.1 Å². The van der Waals surface area contributed by atoms with Gasteiger partial charge in [-0.2, -0.15) is 0 Å². The Morgan fingerprint density at radius 3 is 2.69 bits per heavy atom. The monoisotopic (exact) mass is 494 g/mol. The predicted octanol–water partition coefficient (Wildman–Crippen LogP) is 4.83. The first-order valence-electron chi connectivity index (χ1n) is 12.1. The SMILES string of the molecule is CC(C)(C)OC(=O)n1c(-c2ccc(Cl)c3c2C(=O)NC3)cc2cc(CNC3CCNCC3)ccc21. The Balaban J connectivity index is 1.58. The molecular formula is C27H31ClN4O3. The second-order valence-corrected chi connectivity index (χ2v) is 10.7. The van der Waals surface area contributed by atoms with Crippen LogP contribution in [0.25, 0.3) is 22.2 Å². The van der Waals surface area contributed by atoms with Crippen LogP contribution >= 0.6 is 11.6 Å². The Hall–Kier alpha value is -2.87. The zero-order valence-corrected chi connectivity index (χ0v) is 21.1. The highest BCUT2D eigenvalue weighted by Crippen LogP contribution is 2.37. The van der Waals surface area contributed by atoms with Crippen LogP contribution in [0.15, 0.2) is 36.4 Å². The fourth-order valence-electron chi connectivity index (χ4n) is 4.89. The fraction of sp³-hybridized carbons (Fsp3) is 0.407. The van der Waals surface area contributed by atoms with E-state index in [9.17, 15) is 9.59 Å². The summed E-state index contributed by atoms with van der Waals surface area (Å²) in [5, 5.41) is 11.3. The van der Waals surface area contributed by atoms with Crippen molar-refractivity contribution in [3.63, 3.8) is 0 Å². The van der Waals surface area contributed by atoms with Crippen molar-refractivity contribution >= 4 is 34.5 Å². The average molecular weight is 495 g/mol. The van der Waals surface area contributed by atoms with Gasteiger partial charge < -0.3 is 20.7 Å². The number of benzene rings is 2. The number of rotatable bonds is 4. The Bertz CT molecular complexity index is 1300. The maximum absolute atomic E-state index is 13.4. The second kappa shape index (κ2) is 9.30. The number of piperidine rings is 1. The lowest BCUT2D eigenvalue weighted by molar-refractivity contribution is 0.0547. The van der Waals surface area contributed by atoms with E-state index in [4.69, 9.17) is 16.3 Å². The largest absolute Gasteiger partial charge is 0.443 e. The van der Waals surface area contributed by atoms with Crippen molar-refractivity contribution in [2.24, 2.45) is 0 Å². The highest BCUT2D eigenvalue weighted by Gasteiger charge is 2.29. The van der Waals surface area contributed by atoms with Crippen LogP contribution in [0.3, 0.4) is 0 Å². The molecule has 0 atom stereocenters. The minimum Gasteiger partial charge on any atom is -0.443 e. The van der Waals surface area contributed by atoms with Gasteiger partial charge in [0, 0.05) is 40.7 Å². The normalized spacial score (nSPS) is 16.4. The smallest absolute Gasteiger partial charge is 0.419 e. The summed E-state index contributed by atoms with van der Waals surface area (Å²) in [5.74, 6) is -0.189. The number of hydrogen-bond acceptors (Lipinski definition) is 5. The zero-order valence-electron chi connectivity index (χ0n) is 20.3. The van der Waals surface area contributed by atoms with Gasteiger partial charge >= 0.3 is 6.09 Å². The molecule has 0 aliphatic carbocycles. The van der Waals surface area contributed by atoms with Crippen molar-refractivity contribution in [3.8, 4) is 11.3 Å². The molecule has 1 saturated heterocycles. The predicted molar refractivity (Wildman–Crippen MR) is 138 cm³/mol. The molecule has 0 spiro atoms.